The number of carbonyl (C=O) groups excluding carboxylic acids is 1. The van der Waals surface area contributed by atoms with Crippen molar-refractivity contribution < 1.29 is 22.3 Å². The van der Waals surface area contributed by atoms with Crippen LogP contribution in [0.5, 0.6) is 0 Å². The Labute approximate surface area is 126 Å². The molecular formula is C14H13FN2O4S. The lowest BCUT2D eigenvalue weighted by Gasteiger charge is -2.06. The van der Waals surface area contributed by atoms with Crippen molar-refractivity contribution in [2.75, 3.05) is 12.4 Å². The molecule has 22 heavy (non-hydrogen) atoms. The van der Waals surface area contributed by atoms with E-state index in [0.29, 0.717) is 5.39 Å². The van der Waals surface area contributed by atoms with Gasteiger partial charge in [-0.1, -0.05) is 18.2 Å². The van der Waals surface area contributed by atoms with Crippen LogP contribution in [0.25, 0.3) is 10.9 Å². The number of carbonyl (C=O) groups is 1. The minimum Gasteiger partial charge on any atom is -0.445 e. The van der Waals surface area contributed by atoms with Crippen molar-refractivity contribution >= 4 is 26.8 Å². The number of nitrogens with two attached hydrogens (primary N) is 1. The van der Waals surface area contributed by atoms with Crippen molar-refractivity contribution in [1.29, 1.82) is 0 Å². The normalized spacial score (nSPS) is 12.3. The molecule has 0 unspecified atom stereocenters. The monoisotopic (exact) mass is 324 g/mol. The third-order valence-corrected chi connectivity index (χ3v) is 4.44. The molecule has 0 saturated carbocycles. The lowest BCUT2D eigenvalue weighted by molar-refractivity contribution is 0.169. The summed E-state index contributed by atoms with van der Waals surface area (Å²) in [5.74, 6) is -1.78. The van der Waals surface area contributed by atoms with Gasteiger partial charge in [0.1, 0.15) is 18.2 Å². The number of halogens is 1. The maximum Gasteiger partial charge on any atom is 0.404 e. The first-order chi connectivity index (χ1) is 10.4. The van der Waals surface area contributed by atoms with Gasteiger partial charge in [0.05, 0.1) is 10.4 Å². The predicted octanol–water partition coefficient (Wildman–Crippen LogP) is 1.96. The number of para-hydroxylation sites is 1. The Balaban J connectivity index is 2.28. The minimum atomic E-state index is -3.91. The number of hydrogen-bond acceptors (Lipinski definition) is 5. The number of ether oxygens (including phenoxy) is 1. The third kappa shape index (κ3) is 3.79. The summed E-state index contributed by atoms with van der Waals surface area (Å²) < 4.78 is 42.6. The van der Waals surface area contributed by atoms with E-state index in [1.54, 1.807) is 24.3 Å². The van der Waals surface area contributed by atoms with E-state index in [1.165, 1.54) is 12.3 Å². The van der Waals surface area contributed by atoms with Gasteiger partial charge in [-0.05, 0) is 18.2 Å². The van der Waals surface area contributed by atoms with Gasteiger partial charge < -0.3 is 10.5 Å². The molecule has 0 spiro atoms. The van der Waals surface area contributed by atoms with E-state index in [0.717, 1.165) is 6.08 Å². The van der Waals surface area contributed by atoms with Crippen LogP contribution in [0.4, 0.5) is 9.18 Å². The molecule has 0 bridgehead atoms. The maximum atomic E-state index is 13.7. The second kappa shape index (κ2) is 6.52. The topological polar surface area (TPSA) is 99.4 Å². The Bertz CT molecular complexity index is 828. The summed E-state index contributed by atoms with van der Waals surface area (Å²) in [7, 11) is -3.91. The Kier molecular flexibility index (Phi) is 4.71. The maximum absolute atomic E-state index is 13.7. The summed E-state index contributed by atoms with van der Waals surface area (Å²) in [5.41, 5.74) is 5.00. The molecule has 1 aromatic carbocycles. The molecule has 1 heterocycles. The van der Waals surface area contributed by atoms with Gasteiger partial charge in [-0.25, -0.2) is 17.6 Å². The first-order valence-corrected chi connectivity index (χ1v) is 7.88. The Morgan fingerprint density at radius 3 is 2.77 bits per heavy atom. The zero-order valence-electron chi connectivity index (χ0n) is 11.4. The number of aromatic nitrogens is 1. The molecule has 2 aromatic rings. The fourth-order valence-corrected chi connectivity index (χ4v) is 3.25. The van der Waals surface area contributed by atoms with Gasteiger partial charge in [0.2, 0.25) is 0 Å². The smallest absolute Gasteiger partial charge is 0.404 e. The molecule has 1 aromatic heterocycles. The molecule has 0 saturated heterocycles. The Morgan fingerprint density at radius 1 is 1.32 bits per heavy atom. The van der Waals surface area contributed by atoms with Gasteiger partial charge in [0, 0.05) is 11.6 Å². The number of benzene rings is 1. The summed E-state index contributed by atoms with van der Waals surface area (Å²) in [5, 5.41) is 0.644. The van der Waals surface area contributed by atoms with Gasteiger partial charge in [-0.15, -0.1) is 0 Å². The molecule has 0 fully saturated rings. The largest absolute Gasteiger partial charge is 0.445 e. The van der Waals surface area contributed by atoms with Crippen LogP contribution in [-0.2, 0) is 14.6 Å². The van der Waals surface area contributed by atoms with Crippen molar-refractivity contribution in [3.8, 4) is 0 Å². The van der Waals surface area contributed by atoms with Gasteiger partial charge in [0.25, 0.3) is 0 Å². The van der Waals surface area contributed by atoms with Crippen molar-refractivity contribution in [2.24, 2.45) is 5.73 Å². The second-order valence-electron chi connectivity index (χ2n) is 4.37. The Morgan fingerprint density at radius 2 is 2.05 bits per heavy atom. The van der Waals surface area contributed by atoms with E-state index < -0.39 is 34.1 Å². The van der Waals surface area contributed by atoms with E-state index in [9.17, 15) is 17.6 Å². The SMILES string of the molecule is NC(=O)OCC=C(F)CS(=O)(=O)c1cccc2cccnc12. The number of primary amides is 1. The molecular weight excluding hydrogens is 311 g/mol. The van der Waals surface area contributed by atoms with Crippen LogP contribution in [0.15, 0.2) is 53.3 Å². The van der Waals surface area contributed by atoms with Gasteiger partial charge in [-0.2, -0.15) is 0 Å². The highest BCUT2D eigenvalue weighted by Gasteiger charge is 2.20. The quantitative estimate of drug-likeness (QED) is 0.906. The van der Waals surface area contributed by atoms with Crippen molar-refractivity contribution in [3.05, 3.63) is 48.4 Å². The van der Waals surface area contributed by atoms with E-state index in [1.807, 2.05) is 0 Å². The molecule has 0 aliphatic heterocycles. The number of nitrogens with zero attached hydrogens (tertiary/aromatic N) is 1. The summed E-state index contributed by atoms with van der Waals surface area (Å²) in [6, 6.07) is 8.05. The molecule has 0 aliphatic rings. The minimum absolute atomic E-state index is 0.0510. The van der Waals surface area contributed by atoms with E-state index in [4.69, 9.17) is 5.73 Å². The van der Waals surface area contributed by atoms with Crippen LogP contribution in [0.3, 0.4) is 0 Å². The number of fused-ring (bicyclic) bond motifs is 1. The fourth-order valence-electron chi connectivity index (χ4n) is 1.86. The molecule has 6 nitrogen and oxygen atoms in total. The average molecular weight is 324 g/mol. The molecule has 2 N–H and O–H groups in total. The third-order valence-electron chi connectivity index (χ3n) is 2.79. The first kappa shape index (κ1) is 15.9. The van der Waals surface area contributed by atoms with Gasteiger partial charge in [0.15, 0.2) is 9.84 Å². The van der Waals surface area contributed by atoms with Crippen LogP contribution in [0, 0.1) is 0 Å². The van der Waals surface area contributed by atoms with Crippen molar-refractivity contribution in [3.63, 3.8) is 0 Å². The number of sulfone groups is 1. The summed E-state index contributed by atoms with van der Waals surface area (Å²) in [6.07, 6.45) is 1.25. The number of hydrogen-bond donors (Lipinski definition) is 1. The lowest BCUT2D eigenvalue weighted by atomic mass is 10.2. The second-order valence-corrected chi connectivity index (χ2v) is 6.33. The van der Waals surface area contributed by atoms with E-state index in [-0.39, 0.29) is 10.4 Å². The average Bonchev–Trinajstić information content (AvgIpc) is 2.45. The summed E-state index contributed by atoms with van der Waals surface area (Å²) >= 11 is 0. The van der Waals surface area contributed by atoms with Gasteiger partial charge >= 0.3 is 6.09 Å². The van der Waals surface area contributed by atoms with Crippen molar-refractivity contribution in [1.82, 2.24) is 4.98 Å². The van der Waals surface area contributed by atoms with E-state index >= 15 is 0 Å². The standard InChI is InChI=1S/C14H13FN2O4S/c15-11(6-8-21-14(16)18)9-22(19,20)12-5-1-3-10-4-2-7-17-13(10)12/h1-7H,8-9H2,(H2,16,18). The summed E-state index contributed by atoms with van der Waals surface area (Å²) in [6.45, 7) is -0.426. The predicted molar refractivity (Wildman–Crippen MR) is 78.5 cm³/mol. The highest BCUT2D eigenvalue weighted by Crippen LogP contribution is 2.23. The van der Waals surface area contributed by atoms with Crippen LogP contribution < -0.4 is 5.73 Å². The molecule has 0 radical (unpaired) electrons. The summed E-state index contributed by atoms with van der Waals surface area (Å²) in [4.78, 5) is 14.3. The van der Waals surface area contributed by atoms with Crippen molar-refractivity contribution in [2.45, 2.75) is 4.90 Å². The number of pyridine rings is 1. The molecule has 8 heteroatoms. The first-order valence-electron chi connectivity index (χ1n) is 6.23. The zero-order valence-corrected chi connectivity index (χ0v) is 12.2. The fraction of sp³-hybridized carbons (Fsp3) is 0.143. The van der Waals surface area contributed by atoms with Gasteiger partial charge in [-0.3, -0.25) is 4.98 Å². The zero-order chi connectivity index (χ0) is 16.2. The van der Waals surface area contributed by atoms with Crippen LogP contribution >= 0.6 is 0 Å². The van der Waals surface area contributed by atoms with Crippen LogP contribution in [0.1, 0.15) is 0 Å². The van der Waals surface area contributed by atoms with E-state index in [2.05, 4.69) is 9.72 Å². The highest BCUT2D eigenvalue weighted by atomic mass is 32.2. The van der Waals surface area contributed by atoms with Crippen LogP contribution in [-0.4, -0.2) is 31.9 Å². The Hall–Kier alpha value is -2.48. The molecule has 2 rings (SSSR count). The van der Waals surface area contributed by atoms with Crippen LogP contribution in [0.2, 0.25) is 0 Å². The molecule has 0 atom stereocenters. The number of rotatable bonds is 5. The molecule has 116 valence electrons. The lowest BCUT2D eigenvalue weighted by Crippen LogP contribution is -2.13. The molecule has 0 aliphatic carbocycles. The highest BCUT2D eigenvalue weighted by molar-refractivity contribution is 7.91. The number of amides is 1. The molecule has 1 amide bonds.